The molecule has 0 aromatic carbocycles. The van der Waals surface area contributed by atoms with Crippen LogP contribution in [-0.4, -0.2) is 48.1 Å². The summed E-state index contributed by atoms with van der Waals surface area (Å²) in [5.41, 5.74) is 11.0. The fraction of sp³-hybridized carbons (Fsp3) is 0.846. The molecule has 2 fully saturated rings. The van der Waals surface area contributed by atoms with E-state index in [1.807, 2.05) is 6.92 Å². The van der Waals surface area contributed by atoms with E-state index in [0.29, 0.717) is 13.2 Å². The summed E-state index contributed by atoms with van der Waals surface area (Å²) in [6.07, 6.45) is 3.11. The minimum atomic E-state index is -0.690. The molecule has 0 aromatic heterocycles. The summed E-state index contributed by atoms with van der Waals surface area (Å²) in [5.74, 6) is -0.635. The molecular weight excluding hydrogens is 246 g/mol. The lowest BCUT2D eigenvalue weighted by molar-refractivity contribution is -0.150. The van der Waals surface area contributed by atoms with Crippen molar-refractivity contribution in [3.63, 3.8) is 0 Å². The van der Waals surface area contributed by atoms with E-state index in [2.05, 4.69) is 0 Å². The average molecular weight is 269 g/mol. The zero-order valence-corrected chi connectivity index (χ0v) is 11.4. The van der Waals surface area contributed by atoms with Crippen molar-refractivity contribution >= 4 is 11.8 Å². The highest BCUT2D eigenvalue weighted by atomic mass is 16.5. The average Bonchev–Trinajstić information content (AvgIpc) is 2.37. The van der Waals surface area contributed by atoms with Crippen molar-refractivity contribution in [1.82, 2.24) is 4.90 Å². The Labute approximate surface area is 113 Å². The van der Waals surface area contributed by atoms with E-state index in [4.69, 9.17) is 16.2 Å². The molecule has 4 N–H and O–H groups in total. The van der Waals surface area contributed by atoms with Crippen LogP contribution in [0.15, 0.2) is 0 Å². The zero-order chi connectivity index (χ0) is 14.0. The normalized spacial score (nSPS) is 36.0. The van der Waals surface area contributed by atoms with Crippen molar-refractivity contribution < 1.29 is 14.3 Å². The molecular formula is C13H23N3O3. The molecule has 2 rings (SSSR count). The Morgan fingerprint density at radius 1 is 1.37 bits per heavy atom. The molecule has 1 aliphatic heterocycles. The monoisotopic (exact) mass is 269 g/mol. The second-order valence-corrected chi connectivity index (χ2v) is 5.85. The number of amides is 2. The Balaban J connectivity index is 2.04. The second-order valence-electron chi connectivity index (χ2n) is 5.85. The SMILES string of the molecule is CC1(N)CCCCC1C(=O)N1CCOC(C(N)=O)C1. The van der Waals surface area contributed by atoms with Gasteiger partial charge in [-0.2, -0.15) is 0 Å². The van der Waals surface area contributed by atoms with Crippen LogP contribution in [0, 0.1) is 5.92 Å². The van der Waals surface area contributed by atoms with Crippen LogP contribution < -0.4 is 11.5 Å². The maximum absolute atomic E-state index is 12.6. The number of nitrogens with two attached hydrogens (primary N) is 2. The molecule has 0 radical (unpaired) electrons. The number of carbonyl (C=O) groups excluding carboxylic acids is 2. The van der Waals surface area contributed by atoms with Crippen LogP contribution in [-0.2, 0) is 14.3 Å². The van der Waals surface area contributed by atoms with Crippen LogP contribution >= 0.6 is 0 Å². The zero-order valence-electron chi connectivity index (χ0n) is 11.4. The topological polar surface area (TPSA) is 98.7 Å². The fourth-order valence-electron chi connectivity index (χ4n) is 3.01. The summed E-state index contributed by atoms with van der Waals surface area (Å²) in [6, 6.07) is 0. The predicted molar refractivity (Wildman–Crippen MR) is 70.1 cm³/mol. The lowest BCUT2D eigenvalue weighted by Gasteiger charge is -2.41. The second kappa shape index (κ2) is 5.46. The van der Waals surface area contributed by atoms with Gasteiger partial charge in [0.2, 0.25) is 11.8 Å². The minimum Gasteiger partial charge on any atom is -0.367 e. The van der Waals surface area contributed by atoms with Crippen molar-refractivity contribution in [3.05, 3.63) is 0 Å². The Kier molecular flexibility index (Phi) is 4.10. The molecule has 1 saturated heterocycles. The number of hydrogen-bond acceptors (Lipinski definition) is 4. The lowest BCUT2D eigenvalue weighted by atomic mass is 9.74. The van der Waals surface area contributed by atoms with Crippen LogP contribution in [0.3, 0.4) is 0 Å². The summed E-state index contributed by atoms with van der Waals surface area (Å²) < 4.78 is 5.26. The van der Waals surface area contributed by atoms with Crippen LogP contribution in [0.5, 0.6) is 0 Å². The summed E-state index contributed by atoms with van der Waals surface area (Å²) in [5, 5.41) is 0. The van der Waals surface area contributed by atoms with Gasteiger partial charge in [-0.05, 0) is 19.8 Å². The molecule has 6 nitrogen and oxygen atoms in total. The first-order valence-electron chi connectivity index (χ1n) is 6.90. The van der Waals surface area contributed by atoms with Crippen molar-refractivity contribution in [3.8, 4) is 0 Å². The van der Waals surface area contributed by atoms with Gasteiger partial charge in [0.1, 0.15) is 0 Å². The third kappa shape index (κ3) is 3.06. The standard InChI is InChI=1S/C13H23N3O3/c1-13(15)5-3-2-4-9(13)12(18)16-6-7-19-10(8-16)11(14)17/h9-10H,2-8,15H2,1H3,(H2,14,17). The fourth-order valence-corrected chi connectivity index (χ4v) is 3.01. The van der Waals surface area contributed by atoms with Crippen molar-refractivity contribution in [2.75, 3.05) is 19.7 Å². The van der Waals surface area contributed by atoms with Gasteiger partial charge in [0.15, 0.2) is 6.10 Å². The Morgan fingerprint density at radius 2 is 2.11 bits per heavy atom. The molecule has 1 heterocycles. The quantitative estimate of drug-likeness (QED) is 0.713. The molecule has 0 aromatic rings. The lowest BCUT2D eigenvalue weighted by Crippen LogP contribution is -2.57. The van der Waals surface area contributed by atoms with E-state index in [9.17, 15) is 9.59 Å². The van der Waals surface area contributed by atoms with Crippen LogP contribution in [0.2, 0.25) is 0 Å². The largest absolute Gasteiger partial charge is 0.367 e. The van der Waals surface area contributed by atoms with Gasteiger partial charge in [-0.15, -0.1) is 0 Å². The number of carbonyl (C=O) groups is 2. The van der Waals surface area contributed by atoms with Gasteiger partial charge in [-0.1, -0.05) is 12.8 Å². The summed E-state index contributed by atoms with van der Waals surface area (Å²) >= 11 is 0. The van der Waals surface area contributed by atoms with Gasteiger partial charge in [-0.25, -0.2) is 0 Å². The Morgan fingerprint density at radius 3 is 2.74 bits per heavy atom. The number of rotatable bonds is 2. The Bertz CT molecular complexity index is 370. The van der Waals surface area contributed by atoms with Gasteiger partial charge in [0, 0.05) is 12.1 Å². The number of nitrogens with zero attached hydrogens (tertiary/aromatic N) is 1. The highest BCUT2D eigenvalue weighted by Crippen LogP contribution is 2.33. The van der Waals surface area contributed by atoms with Crippen molar-refractivity contribution in [2.45, 2.75) is 44.2 Å². The van der Waals surface area contributed by atoms with Gasteiger partial charge in [0.05, 0.1) is 19.1 Å². The molecule has 3 atom stereocenters. The Hall–Kier alpha value is -1.14. The van der Waals surface area contributed by atoms with Crippen LogP contribution in [0.1, 0.15) is 32.6 Å². The maximum atomic E-state index is 12.6. The molecule has 1 aliphatic carbocycles. The minimum absolute atomic E-state index is 0.0410. The first kappa shape index (κ1) is 14.3. The summed E-state index contributed by atoms with van der Waals surface area (Å²) in [7, 11) is 0. The highest BCUT2D eigenvalue weighted by Gasteiger charge is 2.41. The molecule has 2 amide bonds. The van der Waals surface area contributed by atoms with E-state index in [0.717, 1.165) is 25.7 Å². The molecule has 3 unspecified atom stereocenters. The van der Waals surface area contributed by atoms with Gasteiger partial charge < -0.3 is 21.1 Å². The number of ether oxygens (including phenoxy) is 1. The maximum Gasteiger partial charge on any atom is 0.248 e. The number of hydrogen-bond donors (Lipinski definition) is 2. The molecule has 0 spiro atoms. The predicted octanol–water partition coefficient (Wildman–Crippen LogP) is -0.393. The van der Waals surface area contributed by atoms with E-state index < -0.39 is 17.6 Å². The molecule has 2 aliphatic rings. The van der Waals surface area contributed by atoms with E-state index >= 15 is 0 Å². The van der Waals surface area contributed by atoms with E-state index in [1.54, 1.807) is 4.90 Å². The van der Waals surface area contributed by atoms with Crippen LogP contribution in [0.25, 0.3) is 0 Å². The molecule has 0 bridgehead atoms. The molecule has 108 valence electrons. The van der Waals surface area contributed by atoms with Gasteiger partial charge in [0.25, 0.3) is 0 Å². The van der Waals surface area contributed by atoms with Crippen molar-refractivity contribution in [2.24, 2.45) is 17.4 Å². The molecule has 1 saturated carbocycles. The smallest absolute Gasteiger partial charge is 0.248 e. The third-order valence-corrected chi connectivity index (χ3v) is 4.25. The third-order valence-electron chi connectivity index (χ3n) is 4.25. The van der Waals surface area contributed by atoms with Crippen molar-refractivity contribution in [1.29, 1.82) is 0 Å². The van der Waals surface area contributed by atoms with Gasteiger partial charge in [-0.3, -0.25) is 9.59 Å². The number of primary amides is 1. The van der Waals surface area contributed by atoms with E-state index in [1.165, 1.54) is 0 Å². The first-order valence-corrected chi connectivity index (χ1v) is 6.90. The summed E-state index contributed by atoms with van der Waals surface area (Å²) in [4.78, 5) is 25.4. The van der Waals surface area contributed by atoms with Gasteiger partial charge >= 0.3 is 0 Å². The van der Waals surface area contributed by atoms with Crippen LogP contribution in [0.4, 0.5) is 0 Å². The number of morpholine rings is 1. The molecule has 19 heavy (non-hydrogen) atoms. The summed E-state index contributed by atoms with van der Waals surface area (Å²) in [6.45, 7) is 3.06. The van der Waals surface area contributed by atoms with E-state index in [-0.39, 0.29) is 18.4 Å². The first-order chi connectivity index (χ1) is 8.92. The molecule has 6 heteroatoms. The highest BCUT2D eigenvalue weighted by molar-refractivity contribution is 5.83.